The fourth-order valence-corrected chi connectivity index (χ4v) is 6.81. The zero-order chi connectivity index (χ0) is 36.1. The number of nitrogens with two attached hydrogens (primary N) is 1. The summed E-state index contributed by atoms with van der Waals surface area (Å²) in [5, 5.41) is 15.4. The van der Waals surface area contributed by atoms with Gasteiger partial charge in [0, 0.05) is 69.8 Å². The third-order valence-electron chi connectivity index (χ3n) is 9.80. The number of hydrogen-bond donors (Lipinski definition) is 4. The number of nitrogen functional groups attached to an aromatic ring is 1. The van der Waals surface area contributed by atoms with E-state index < -0.39 is 6.29 Å². The third kappa shape index (κ3) is 11.0. The Balaban J connectivity index is 0.984. The number of ether oxygens (including phenoxy) is 2. The molecule has 6 rings (SSSR count). The van der Waals surface area contributed by atoms with Crippen molar-refractivity contribution in [1.82, 2.24) is 9.80 Å². The van der Waals surface area contributed by atoms with Gasteiger partial charge in [-0.2, -0.15) is 0 Å². The number of aliphatic hydroxyl groups excluding tert-OH is 1. The molecule has 2 aliphatic rings. The minimum atomic E-state index is -0.555. The molecule has 0 spiro atoms. The summed E-state index contributed by atoms with van der Waals surface area (Å²) in [5.74, 6) is -0.141. The van der Waals surface area contributed by atoms with Gasteiger partial charge in [-0.05, 0) is 53.8 Å². The fraction of sp³-hybridized carbons (Fsp3) is 0.381. The summed E-state index contributed by atoms with van der Waals surface area (Å²) < 4.78 is 13.2. The minimum Gasteiger partial charge on any atom is -0.397 e. The molecular weight excluding hydrogens is 654 g/mol. The minimum absolute atomic E-state index is 0.00345. The molecule has 5 N–H and O–H groups in total. The van der Waals surface area contributed by atoms with Gasteiger partial charge in [0.15, 0.2) is 6.29 Å². The van der Waals surface area contributed by atoms with E-state index in [1.165, 1.54) is 5.56 Å². The van der Waals surface area contributed by atoms with Crippen molar-refractivity contribution in [2.45, 2.75) is 70.2 Å². The van der Waals surface area contributed by atoms with Gasteiger partial charge in [0.05, 0.1) is 30.2 Å². The first kappa shape index (κ1) is 37.2. The second-order valence-corrected chi connectivity index (χ2v) is 13.8. The van der Waals surface area contributed by atoms with Crippen LogP contribution in [0.3, 0.4) is 0 Å². The molecule has 2 aliphatic heterocycles. The molecule has 3 unspecified atom stereocenters. The van der Waals surface area contributed by atoms with Gasteiger partial charge in [-0.25, -0.2) is 0 Å². The van der Waals surface area contributed by atoms with Crippen LogP contribution in [-0.2, 0) is 32.2 Å². The average Bonchev–Trinajstić information content (AvgIpc) is 3.17. The predicted molar refractivity (Wildman–Crippen MR) is 204 cm³/mol. The molecule has 2 fully saturated rings. The van der Waals surface area contributed by atoms with Crippen LogP contribution in [0.15, 0.2) is 103 Å². The molecule has 2 heterocycles. The summed E-state index contributed by atoms with van der Waals surface area (Å²) in [6, 6.07) is 33.5. The number of carbonyl (C=O) groups excluding carboxylic acids is 2. The number of carbonyl (C=O) groups is 2. The normalized spacial score (nSPS) is 19.6. The second-order valence-electron chi connectivity index (χ2n) is 13.8. The van der Waals surface area contributed by atoms with E-state index in [1.807, 2.05) is 60.7 Å². The molecule has 2 amide bonds. The van der Waals surface area contributed by atoms with Crippen LogP contribution in [0, 0.1) is 0 Å². The quantitative estimate of drug-likeness (QED) is 0.0800. The molecule has 10 heteroatoms. The van der Waals surface area contributed by atoms with Crippen molar-refractivity contribution in [3.63, 3.8) is 0 Å². The smallest absolute Gasteiger partial charge is 0.224 e. The van der Waals surface area contributed by atoms with E-state index in [4.69, 9.17) is 15.2 Å². The van der Waals surface area contributed by atoms with Gasteiger partial charge in [0.1, 0.15) is 0 Å². The van der Waals surface area contributed by atoms with Crippen LogP contribution in [0.5, 0.6) is 0 Å². The van der Waals surface area contributed by atoms with E-state index in [2.05, 4.69) is 50.8 Å². The molecule has 4 aromatic carbocycles. The summed E-state index contributed by atoms with van der Waals surface area (Å²) in [6.07, 6.45) is 2.92. The lowest BCUT2D eigenvalue weighted by molar-refractivity contribution is -0.253. The Kier molecular flexibility index (Phi) is 13.4. The topological polar surface area (TPSA) is 129 Å². The highest BCUT2D eigenvalue weighted by Crippen LogP contribution is 2.38. The highest BCUT2D eigenvalue weighted by Gasteiger charge is 2.34. The summed E-state index contributed by atoms with van der Waals surface area (Å²) in [7, 11) is 0. The van der Waals surface area contributed by atoms with Gasteiger partial charge < -0.3 is 30.9 Å². The maximum absolute atomic E-state index is 12.7. The largest absolute Gasteiger partial charge is 0.397 e. The molecule has 0 saturated carbocycles. The number of benzene rings is 4. The van der Waals surface area contributed by atoms with Crippen molar-refractivity contribution in [2.24, 2.45) is 0 Å². The zero-order valence-electron chi connectivity index (χ0n) is 29.8. The van der Waals surface area contributed by atoms with E-state index >= 15 is 0 Å². The van der Waals surface area contributed by atoms with Gasteiger partial charge in [-0.15, -0.1) is 0 Å². The number of rotatable bonds is 15. The van der Waals surface area contributed by atoms with Gasteiger partial charge >= 0.3 is 0 Å². The van der Waals surface area contributed by atoms with Crippen molar-refractivity contribution < 1.29 is 24.2 Å². The molecule has 52 heavy (non-hydrogen) atoms. The maximum atomic E-state index is 12.7. The maximum Gasteiger partial charge on any atom is 0.224 e. The van der Waals surface area contributed by atoms with Crippen LogP contribution in [0.25, 0.3) is 0 Å². The molecule has 0 radical (unpaired) electrons. The van der Waals surface area contributed by atoms with Crippen molar-refractivity contribution in [3.8, 4) is 0 Å². The summed E-state index contributed by atoms with van der Waals surface area (Å²) in [4.78, 5) is 29.9. The van der Waals surface area contributed by atoms with Crippen LogP contribution in [0.2, 0.25) is 0 Å². The first-order valence-corrected chi connectivity index (χ1v) is 18.5. The van der Waals surface area contributed by atoms with Gasteiger partial charge in [0.25, 0.3) is 0 Å². The molecule has 0 aliphatic carbocycles. The average molecular weight is 706 g/mol. The van der Waals surface area contributed by atoms with Crippen LogP contribution in [0.1, 0.15) is 73.2 Å². The highest BCUT2D eigenvalue weighted by atomic mass is 16.7. The predicted octanol–water partition coefficient (Wildman–Crippen LogP) is 6.65. The Morgan fingerprint density at radius 2 is 1.33 bits per heavy atom. The van der Waals surface area contributed by atoms with Crippen LogP contribution in [-0.4, -0.2) is 65.5 Å². The van der Waals surface area contributed by atoms with Crippen molar-refractivity contribution in [3.05, 3.63) is 125 Å². The van der Waals surface area contributed by atoms with E-state index in [9.17, 15) is 14.7 Å². The Morgan fingerprint density at radius 1 is 0.692 bits per heavy atom. The van der Waals surface area contributed by atoms with E-state index in [0.29, 0.717) is 42.7 Å². The fourth-order valence-electron chi connectivity index (χ4n) is 6.81. The number of anilines is 3. The van der Waals surface area contributed by atoms with E-state index in [1.54, 1.807) is 12.1 Å². The van der Waals surface area contributed by atoms with Crippen molar-refractivity contribution in [1.29, 1.82) is 0 Å². The number of piperazine rings is 1. The number of nitrogens with zero attached hydrogens (tertiary/aromatic N) is 2. The standard InChI is InChI=1S/C42H51N5O5/c43-37-11-7-8-12-38(37)45-41(50)14-6-2-5-13-40(49)44-35-21-19-34(20-22-35)42-51-36(27-39(52-42)33-17-15-32(30-48)16-18-33)29-47-25-23-46(24-26-47)28-31-9-3-1-4-10-31/h1,3-4,7-12,15-22,36,39,42,48H,2,5-6,13-14,23-30,43H2,(H,44,49)(H,45,50). The molecule has 2 saturated heterocycles. The van der Waals surface area contributed by atoms with Gasteiger partial charge in [0.2, 0.25) is 11.8 Å². The monoisotopic (exact) mass is 705 g/mol. The Morgan fingerprint density at radius 3 is 2.02 bits per heavy atom. The highest BCUT2D eigenvalue weighted by molar-refractivity contribution is 5.93. The Labute approximate surface area is 306 Å². The lowest BCUT2D eigenvalue weighted by Gasteiger charge is -2.40. The Bertz CT molecular complexity index is 1710. The SMILES string of the molecule is Nc1ccccc1NC(=O)CCCCCC(=O)Nc1ccc(C2OC(CN3CCN(Cc4ccccc4)CC3)CC(c3ccc(CO)cc3)O2)cc1. The third-order valence-corrected chi connectivity index (χ3v) is 9.80. The Hall–Kier alpha value is -4.58. The van der Waals surface area contributed by atoms with Gasteiger partial charge in [-0.1, -0.05) is 85.3 Å². The van der Waals surface area contributed by atoms with E-state index in [0.717, 1.165) is 68.8 Å². The molecule has 274 valence electrons. The van der Waals surface area contributed by atoms with Crippen molar-refractivity contribution >= 4 is 28.9 Å². The molecule has 0 aromatic heterocycles. The molecule has 10 nitrogen and oxygen atoms in total. The summed E-state index contributed by atoms with van der Waals surface area (Å²) in [6.45, 7) is 5.81. The van der Waals surface area contributed by atoms with Crippen LogP contribution < -0.4 is 16.4 Å². The lowest BCUT2D eigenvalue weighted by Crippen LogP contribution is -2.49. The number of amides is 2. The zero-order valence-corrected chi connectivity index (χ0v) is 29.8. The number of nitrogens with one attached hydrogen (secondary N) is 2. The van der Waals surface area contributed by atoms with Crippen LogP contribution in [0.4, 0.5) is 17.1 Å². The van der Waals surface area contributed by atoms with Gasteiger partial charge in [-0.3, -0.25) is 19.4 Å². The lowest BCUT2D eigenvalue weighted by atomic mass is 9.99. The second kappa shape index (κ2) is 18.8. The summed E-state index contributed by atoms with van der Waals surface area (Å²) >= 11 is 0. The molecule has 3 atom stereocenters. The van der Waals surface area contributed by atoms with E-state index in [-0.39, 0.29) is 30.6 Å². The molecular formula is C42H51N5O5. The van der Waals surface area contributed by atoms with Crippen LogP contribution >= 0.6 is 0 Å². The summed E-state index contributed by atoms with van der Waals surface area (Å²) in [5.41, 5.74) is 11.9. The number of unbranched alkanes of at least 4 members (excludes halogenated alkanes) is 2. The molecule has 0 bridgehead atoms. The van der Waals surface area contributed by atoms with Crippen molar-refractivity contribution in [2.75, 3.05) is 49.1 Å². The first-order valence-electron chi connectivity index (χ1n) is 18.5. The number of aliphatic hydroxyl groups is 1. The number of hydrogen-bond acceptors (Lipinski definition) is 8. The first-order chi connectivity index (χ1) is 25.4. The number of para-hydroxylation sites is 2. The molecule has 4 aromatic rings.